The fraction of sp³-hybridized carbons (Fsp3) is 0.375. The van der Waals surface area contributed by atoms with Gasteiger partial charge in [-0.1, -0.05) is 43.3 Å². The van der Waals surface area contributed by atoms with Gasteiger partial charge in [-0.15, -0.1) is 0 Å². The number of aryl methyl sites for hydroxylation is 1. The van der Waals surface area contributed by atoms with Crippen LogP contribution in [0.5, 0.6) is 5.75 Å². The number of benzene rings is 2. The molecule has 0 aromatic heterocycles. The molecule has 0 radical (unpaired) electrons. The van der Waals surface area contributed by atoms with Gasteiger partial charge in [-0.2, -0.15) is 0 Å². The third-order valence-corrected chi connectivity index (χ3v) is 5.08. The molecule has 0 saturated carbocycles. The lowest BCUT2D eigenvalue weighted by Gasteiger charge is -2.23. The van der Waals surface area contributed by atoms with Crippen molar-refractivity contribution in [2.75, 3.05) is 25.1 Å². The van der Waals surface area contributed by atoms with Crippen molar-refractivity contribution < 1.29 is 19.1 Å². The van der Waals surface area contributed by atoms with Crippen LogP contribution in [0.3, 0.4) is 0 Å². The van der Waals surface area contributed by atoms with Gasteiger partial charge < -0.3 is 14.4 Å². The van der Waals surface area contributed by atoms with Crippen LogP contribution in [0.25, 0.3) is 0 Å². The minimum atomic E-state index is -0.369. The Labute approximate surface area is 177 Å². The van der Waals surface area contributed by atoms with E-state index in [0.29, 0.717) is 24.5 Å². The third kappa shape index (κ3) is 5.69. The summed E-state index contributed by atoms with van der Waals surface area (Å²) >= 11 is 0. The summed E-state index contributed by atoms with van der Waals surface area (Å²) in [6.07, 6.45) is 2.06. The number of ether oxygens (including phenoxy) is 2. The predicted molar refractivity (Wildman–Crippen MR) is 117 cm³/mol. The van der Waals surface area contributed by atoms with Crippen LogP contribution < -0.4 is 9.64 Å². The first-order valence-corrected chi connectivity index (χ1v) is 10.3. The number of amides is 1. The Hall–Kier alpha value is -3.15. The lowest BCUT2D eigenvalue weighted by Crippen LogP contribution is -2.35. The van der Waals surface area contributed by atoms with Crippen molar-refractivity contribution in [1.29, 1.82) is 0 Å². The van der Waals surface area contributed by atoms with Gasteiger partial charge in [-0.05, 0) is 37.0 Å². The molecule has 0 bridgehead atoms. The molecular formula is C24H28N2O4. The molecule has 158 valence electrons. The summed E-state index contributed by atoms with van der Waals surface area (Å²) in [5, 5.41) is 0. The average Bonchev–Trinajstić information content (AvgIpc) is 3.27. The van der Waals surface area contributed by atoms with Gasteiger partial charge in [0.05, 0.1) is 20.1 Å². The van der Waals surface area contributed by atoms with Gasteiger partial charge in [-0.25, -0.2) is 4.99 Å². The van der Waals surface area contributed by atoms with E-state index in [1.807, 2.05) is 49.4 Å². The zero-order chi connectivity index (χ0) is 21.3. The first kappa shape index (κ1) is 21.6. The number of rotatable bonds is 10. The van der Waals surface area contributed by atoms with E-state index in [0.717, 1.165) is 19.3 Å². The lowest BCUT2D eigenvalue weighted by atomic mass is 10.1. The fourth-order valence-corrected chi connectivity index (χ4v) is 3.35. The molecule has 3 rings (SSSR count). The highest BCUT2D eigenvalue weighted by atomic mass is 16.5. The standard InChI is InChI=1S/C24H28N2O4/c1-3-20-17-25-24(30-20)22(27)16-23(28)26(19-12-7-13-21(15-19)29-2)14-8-11-18-9-5-4-6-10-18/h4-7,9-10,12-13,15,20H,3,8,11,14,16-17H2,1-2H3. The zero-order valence-electron chi connectivity index (χ0n) is 17.5. The summed E-state index contributed by atoms with van der Waals surface area (Å²) in [6, 6.07) is 17.5. The molecular weight excluding hydrogens is 380 g/mol. The van der Waals surface area contributed by atoms with Gasteiger partial charge in [0.1, 0.15) is 11.9 Å². The van der Waals surface area contributed by atoms with Gasteiger partial charge in [0.25, 0.3) is 5.90 Å². The molecule has 2 aromatic carbocycles. The summed E-state index contributed by atoms with van der Waals surface area (Å²) in [5.74, 6) is 0.0959. The van der Waals surface area contributed by atoms with Crippen LogP contribution in [0.1, 0.15) is 31.7 Å². The maximum absolute atomic E-state index is 13.1. The van der Waals surface area contributed by atoms with Crippen molar-refractivity contribution in [2.45, 2.75) is 38.7 Å². The van der Waals surface area contributed by atoms with Crippen LogP contribution in [-0.4, -0.2) is 43.9 Å². The molecule has 6 nitrogen and oxygen atoms in total. The molecule has 0 N–H and O–H groups in total. The van der Waals surface area contributed by atoms with E-state index < -0.39 is 0 Å². The molecule has 0 aliphatic carbocycles. The monoisotopic (exact) mass is 408 g/mol. The van der Waals surface area contributed by atoms with E-state index >= 15 is 0 Å². The maximum Gasteiger partial charge on any atom is 0.254 e. The van der Waals surface area contributed by atoms with E-state index in [1.165, 1.54) is 5.56 Å². The fourth-order valence-electron chi connectivity index (χ4n) is 3.35. The quantitative estimate of drug-likeness (QED) is 0.561. The minimum Gasteiger partial charge on any atom is -0.497 e. The average molecular weight is 408 g/mol. The SMILES string of the molecule is CCC1CN=C(C(=O)CC(=O)N(CCCc2ccccc2)c2cccc(OC)c2)O1. The van der Waals surface area contributed by atoms with Crippen LogP contribution in [-0.2, 0) is 20.7 Å². The summed E-state index contributed by atoms with van der Waals surface area (Å²) in [7, 11) is 1.59. The van der Waals surface area contributed by atoms with Crippen molar-refractivity contribution in [3.63, 3.8) is 0 Å². The second kappa shape index (κ2) is 10.6. The highest BCUT2D eigenvalue weighted by Crippen LogP contribution is 2.23. The summed E-state index contributed by atoms with van der Waals surface area (Å²) in [6.45, 7) is 2.96. The van der Waals surface area contributed by atoms with Crippen LogP contribution in [0, 0.1) is 0 Å². The second-order valence-corrected chi connectivity index (χ2v) is 7.23. The number of Topliss-reactive ketones (excluding diaryl/α,β-unsaturated/α-hetero) is 1. The number of anilines is 1. The highest BCUT2D eigenvalue weighted by molar-refractivity contribution is 6.40. The molecule has 1 heterocycles. The molecule has 1 unspecified atom stereocenters. The van der Waals surface area contributed by atoms with E-state index in [2.05, 4.69) is 17.1 Å². The molecule has 1 aliphatic heterocycles. The Balaban J connectivity index is 1.69. The normalized spacial score (nSPS) is 15.3. The molecule has 1 atom stereocenters. The number of carbonyl (C=O) groups excluding carboxylic acids is 2. The zero-order valence-corrected chi connectivity index (χ0v) is 17.5. The third-order valence-electron chi connectivity index (χ3n) is 5.08. The number of ketones is 1. The number of methoxy groups -OCH3 is 1. The van der Waals surface area contributed by atoms with E-state index in [1.54, 1.807) is 12.0 Å². The van der Waals surface area contributed by atoms with E-state index in [9.17, 15) is 9.59 Å². The molecule has 1 aliphatic rings. The number of nitrogens with zero attached hydrogens (tertiary/aromatic N) is 2. The largest absolute Gasteiger partial charge is 0.497 e. The van der Waals surface area contributed by atoms with Crippen molar-refractivity contribution in [3.05, 3.63) is 60.2 Å². The minimum absolute atomic E-state index is 0.0700. The van der Waals surface area contributed by atoms with Crippen molar-refractivity contribution in [1.82, 2.24) is 0 Å². The summed E-state index contributed by atoms with van der Waals surface area (Å²) in [4.78, 5) is 31.4. The Morgan fingerprint density at radius 1 is 1.17 bits per heavy atom. The Morgan fingerprint density at radius 2 is 1.97 bits per heavy atom. The molecule has 1 amide bonds. The Bertz CT molecular complexity index is 895. The van der Waals surface area contributed by atoms with Gasteiger partial charge in [0, 0.05) is 18.3 Å². The van der Waals surface area contributed by atoms with E-state index in [4.69, 9.17) is 9.47 Å². The Morgan fingerprint density at radius 3 is 2.67 bits per heavy atom. The summed E-state index contributed by atoms with van der Waals surface area (Å²) in [5.41, 5.74) is 1.92. The van der Waals surface area contributed by atoms with Crippen LogP contribution >= 0.6 is 0 Å². The van der Waals surface area contributed by atoms with Crippen molar-refractivity contribution >= 4 is 23.3 Å². The first-order chi connectivity index (χ1) is 14.6. The second-order valence-electron chi connectivity index (χ2n) is 7.23. The van der Waals surface area contributed by atoms with Gasteiger partial charge in [-0.3, -0.25) is 9.59 Å². The van der Waals surface area contributed by atoms with Gasteiger partial charge >= 0.3 is 0 Å². The van der Waals surface area contributed by atoms with Crippen LogP contribution in [0.4, 0.5) is 5.69 Å². The van der Waals surface area contributed by atoms with Crippen LogP contribution in [0.15, 0.2) is 59.6 Å². The molecule has 0 fully saturated rings. The lowest BCUT2D eigenvalue weighted by molar-refractivity contribution is -0.124. The maximum atomic E-state index is 13.1. The summed E-state index contributed by atoms with van der Waals surface area (Å²) < 4.78 is 10.8. The predicted octanol–water partition coefficient (Wildman–Crippen LogP) is 3.83. The molecule has 0 spiro atoms. The molecule has 0 saturated heterocycles. The molecule has 2 aromatic rings. The van der Waals surface area contributed by atoms with Gasteiger partial charge in [0.15, 0.2) is 0 Å². The Kier molecular flexibility index (Phi) is 7.60. The highest BCUT2D eigenvalue weighted by Gasteiger charge is 2.27. The van der Waals surface area contributed by atoms with E-state index in [-0.39, 0.29) is 30.1 Å². The molecule has 30 heavy (non-hydrogen) atoms. The number of aliphatic imine (C=N–C) groups is 1. The number of hydrogen-bond donors (Lipinski definition) is 0. The first-order valence-electron chi connectivity index (χ1n) is 10.3. The number of carbonyl (C=O) groups is 2. The van der Waals surface area contributed by atoms with Crippen LogP contribution in [0.2, 0.25) is 0 Å². The van der Waals surface area contributed by atoms with Crippen molar-refractivity contribution in [2.24, 2.45) is 4.99 Å². The smallest absolute Gasteiger partial charge is 0.254 e. The van der Waals surface area contributed by atoms with Gasteiger partial charge in [0.2, 0.25) is 11.7 Å². The molecule has 6 heteroatoms. The topological polar surface area (TPSA) is 68.2 Å². The number of hydrogen-bond acceptors (Lipinski definition) is 5. The van der Waals surface area contributed by atoms with Crippen molar-refractivity contribution in [3.8, 4) is 5.75 Å².